The average molecular weight is 439 g/mol. The predicted octanol–water partition coefficient (Wildman–Crippen LogP) is 2.94. The van der Waals surface area contributed by atoms with Crippen LogP contribution in [0.4, 0.5) is 10.1 Å². The first-order valence-corrected chi connectivity index (χ1v) is 10.9. The lowest BCUT2D eigenvalue weighted by Gasteiger charge is -2.27. The summed E-state index contributed by atoms with van der Waals surface area (Å²) in [6, 6.07) is 11.8. The molecule has 0 aliphatic rings. The number of hydrogen-bond acceptors (Lipinski definition) is 4. The molecule has 0 aromatic heterocycles. The third-order valence-corrected chi connectivity index (χ3v) is 5.43. The minimum atomic E-state index is -0.500. The number of nitrogens with zero attached hydrogens (tertiary/aromatic N) is 1. The third-order valence-electron chi connectivity index (χ3n) is 5.43. The minimum Gasteiger partial charge on any atom is -0.404 e. The zero-order valence-corrected chi connectivity index (χ0v) is 18.8. The molecule has 7 heteroatoms. The summed E-state index contributed by atoms with van der Waals surface area (Å²) in [5, 5.41) is 16.7. The van der Waals surface area contributed by atoms with E-state index < -0.39 is 5.82 Å². The summed E-state index contributed by atoms with van der Waals surface area (Å²) in [7, 11) is 0. The molecule has 1 atom stereocenters. The van der Waals surface area contributed by atoms with Gasteiger partial charge in [-0.15, -0.1) is 0 Å². The molecule has 1 amide bonds. The smallest absolute Gasteiger partial charge is 0.256 e. The summed E-state index contributed by atoms with van der Waals surface area (Å²) in [5.74, 6) is -0.609. The molecule has 0 spiro atoms. The van der Waals surface area contributed by atoms with Gasteiger partial charge in [0.2, 0.25) is 0 Å². The van der Waals surface area contributed by atoms with Gasteiger partial charge >= 0.3 is 0 Å². The molecule has 0 radical (unpaired) electrons. The van der Waals surface area contributed by atoms with Gasteiger partial charge in [-0.1, -0.05) is 31.5 Å². The average Bonchev–Trinajstić information content (AvgIpc) is 2.81. The number of allylic oxidation sites excluding steroid dienone is 1. The summed E-state index contributed by atoms with van der Waals surface area (Å²) >= 11 is 0. The third kappa shape index (κ3) is 6.26. The molecular formula is C25H33FN5O+. The maximum absolute atomic E-state index is 14.1. The Morgan fingerprint density at radius 1 is 1.28 bits per heavy atom. The number of nitrogens with one attached hydrogen (secondary N) is 2. The van der Waals surface area contributed by atoms with Gasteiger partial charge in [-0.25, -0.2) is 4.39 Å². The molecule has 6 nitrogen and oxygen atoms in total. The minimum absolute atomic E-state index is 0.100. The summed E-state index contributed by atoms with van der Waals surface area (Å²) < 4.78 is 14.1. The van der Waals surface area contributed by atoms with Crippen LogP contribution in [0.15, 0.2) is 48.7 Å². The van der Waals surface area contributed by atoms with Crippen molar-refractivity contribution in [2.24, 2.45) is 11.7 Å². The molecule has 0 fully saturated rings. The highest BCUT2D eigenvalue weighted by Crippen LogP contribution is 2.21. The van der Waals surface area contributed by atoms with Gasteiger partial charge < -0.3 is 21.4 Å². The van der Waals surface area contributed by atoms with Crippen LogP contribution in [0.2, 0.25) is 0 Å². The fourth-order valence-electron chi connectivity index (χ4n) is 3.66. The number of hydrogen-bond donors (Lipinski definition) is 4. The fraction of sp³-hybridized carbons (Fsp3) is 0.320. The number of nitrogens with two attached hydrogens (primary N) is 2. The van der Waals surface area contributed by atoms with E-state index in [1.54, 1.807) is 17.0 Å². The second-order valence-corrected chi connectivity index (χ2v) is 7.59. The van der Waals surface area contributed by atoms with E-state index in [1.165, 1.54) is 30.8 Å². The zero-order valence-electron chi connectivity index (χ0n) is 18.8. The van der Waals surface area contributed by atoms with E-state index in [1.807, 2.05) is 25.1 Å². The highest BCUT2D eigenvalue weighted by atomic mass is 19.1. The lowest BCUT2D eigenvalue weighted by molar-refractivity contribution is -0.104. The van der Waals surface area contributed by atoms with Crippen LogP contribution in [-0.2, 0) is 0 Å². The molecule has 0 bridgehead atoms. The highest BCUT2D eigenvalue weighted by Gasteiger charge is 2.21. The molecular weight excluding hydrogens is 405 g/mol. The van der Waals surface area contributed by atoms with E-state index in [4.69, 9.17) is 16.6 Å². The van der Waals surface area contributed by atoms with E-state index in [0.29, 0.717) is 25.2 Å². The van der Waals surface area contributed by atoms with E-state index in [9.17, 15) is 9.18 Å². The molecule has 170 valence electrons. The van der Waals surface area contributed by atoms with E-state index >= 15 is 0 Å². The molecule has 0 saturated heterocycles. The topological polar surface area (TPSA) is 108 Å². The number of halogens is 1. The van der Waals surface area contributed by atoms with Gasteiger partial charge in [-0.3, -0.25) is 10.2 Å². The van der Waals surface area contributed by atoms with Crippen LogP contribution in [0, 0.1) is 17.1 Å². The molecule has 0 aliphatic carbocycles. The molecule has 2 aromatic carbocycles. The number of carbonyl (C=O) groups is 1. The van der Waals surface area contributed by atoms with Crippen molar-refractivity contribution in [2.45, 2.75) is 26.7 Å². The van der Waals surface area contributed by atoms with Gasteiger partial charge in [0.25, 0.3) is 5.91 Å². The van der Waals surface area contributed by atoms with Crippen molar-refractivity contribution in [1.29, 1.82) is 5.41 Å². The van der Waals surface area contributed by atoms with Gasteiger partial charge in [0, 0.05) is 43.3 Å². The molecule has 0 saturated carbocycles. The number of anilines is 1. The number of amides is 1. The van der Waals surface area contributed by atoms with Gasteiger partial charge in [-0.2, -0.15) is 0 Å². The van der Waals surface area contributed by atoms with Crippen molar-refractivity contribution in [1.82, 2.24) is 4.90 Å². The van der Waals surface area contributed by atoms with Crippen molar-refractivity contribution in [3.63, 3.8) is 0 Å². The van der Waals surface area contributed by atoms with Crippen LogP contribution in [0.3, 0.4) is 0 Å². The van der Waals surface area contributed by atoms with Crippen LogP contribution in [-0.4, -0.2) is 42.9 Å². The van der Waals surface area contributed by atoms with Crippen LogP contribution in [0.1, 0.15) is 48.2 Å². The first kappa shape index (κ1) is 24.8. The normalized spacial score (nSPS) is 12.2. The van der Waals surface area contributed by atoms with Crippen LogP contribution in [0.25, 0.3) is 5.57 Å². The lowest BCUT2D eigenvalue weighted by atomic mass is 10.0. The monoisotopic (exact) mass is 438 g/mol. The zero-order chi connectivity index (χ0) is 23.5. The molecule has 1 unspecified atom stereocenters. The molecule has 6 N–H and O–H groups in total. The number of carbonyl (C=O) groups excluding carboxylic acids is 1. The summed E-state index contributed by atoms with van der Waals surface area (Å²) in [5.41, 5.74) is 8.76. The molecule has 32 heavy (non-hydrogen) atoms. The molecule has 2 aromatic rings. The predicted molar refractivity (Wildman–Crippen MR) is 129 cm³/mol. The number of benzene rings is 2. The van der Waals surface area contributed by atoms with Crippen molar-refractivity contribution in [2.75, 3.05) is 25.0 Å². The Morgan fingerprint density at radius 2 is 2.03 bits per heavy atom. The van der Waals surface area contributed by atoms with Crippen LogP contribution >= 0.6 is 0 Å². The van der Waals surface area contributed by atoms with Gasteiger partial charge in [0.05, 0.1) is 11.1 Å². The Morgan fingerprint density at radius 3 is 2.62 bits per heavy atom. The second-order valence-electron chi connectivity index (χ2n) is 7.59. The SMILES string of the molecule is CCCC(CNc1ccc(/C(C=N)=C/N)cc1C=[NH2+])CN(CC)C(=O)c1ccccc1F. The fourth-order valence-corrected chi connectivity index (χ4v) is 3.66. The maximum atomic E-state index is 14.1. The van der Waals surface area contributed by atoms with Crippen molar-refractivity contribution >= 4 is 29.6 Å². The molecule has 0 heterocycles. The Hall–Kier alpha value is -3.48. The van der Waals surface area contributed by atoms with Crippen LogP contribution < -0.4 is 16.5 Å². The quantitative estimate of drug-likeness (QED) is 0.383. The van der Waals surface area contributed by atoms with Crippen molar-refractivity contribution in [3.05, 3.63) is 71.2 Å². The first-order valence-electron chi connectivity index (χ1n) is 10.9. The standard InChI is InChI=1S/C25H32FN5O/c1-3-7-18(17-31(4-2)25(32)22-8-5-6-9-23(22)26)16-30-24-11-10-19(12-20(24)13-27)21(14-28)15-29/h5-6,8-15,18,27-28,30H,3-4,7,16-17,29H2,1-2H3/p+1/b21-15+,27-13?,28-14?. The Labute approximate surface area is 189 Å². The van der Waals surface area contributed by atoms with E-state index in [0.717, 1.165) is 29.7 Å². The van der Waals surface area contributed by atoms with E-state index in [2.05, 4.69) is 12.2 Å². The van der Waals surface area contributed by atoms with Crippen LogP contribution in [0.5, 0.6) is 0 Å². The molecule has 0 aliphatic heterocycles. The van der Waals surface area contributed by atoms with Crippen molar-refractivity contribution < 1.29 is 14.6 Å². The van der Waals surface area contributed by atoms with Crippen molar-refractivity contribution in [3.8, 4) is 0 Å². The summed E-state index contributed by atoms with van der Waals surface area (Å²) in [4.78, 5) is 14.6. The van der Waals surface area contributed by atoms with Gasteiger partial charge in [-0.05, 0) is 49.1 Å². The number of rotatable bonds is 12. The summed E-state index contributed by atoms with van der Waals surface area (Å²) in [6.07, 6.45) is 5.99. The maximum Gasteiger partial charge on any atom is 0.256 e. The first-order chi connectivity index (χ1) is 15.5. The highest BCUT2D eigenvalue weighted by molar-refractivity contribution is 6.08. The lowest BCUT2D eigenvalue weighted by Crippen LogP contribution is -2.38. The largest absolute Gasteiger partial charge is 0.404 e. The Bertz CT molecular complexity index is 973. The Kier molecular flexibility index (Phi) is 9.60. The summed E-state index contributed by atoms with van der Waals surface area (Å²) in [6.45, 7) is 5.67. The van der Waals surface area contributed by atoms with E-state index in [-0.39, 0.29) is 17.4 Å². The Balaban J connectivity index is 2.14. The van der Waals surface area contributed by atoms with Gasteiger partial charge in [0.15, 0.2) is 6.21 Å². The molecule has 2 rings (SSSR count). The van der Waals surface area contributed by atoms with Gasteiger partial charge in [0.1, 0.15) is 5.82 Å². The second kappa shape index (κ2) is 12.4.